The number of hydrogen-bond donors (Lipinski definition) is 1. The highest BCUT2D eigenvalue weighted by atomic mass is 16.1. The van der Waals surface area contributed by atoms with Gasteiger partial charge in [0, 0.05) is 17.9 Å². The zero-order valence-electron chi connectivity index (χ0n) is 16.7. The lowest BCUT2D eigenvalue weighted by Crippen LogP contribution is -2.17. The van der Waals surface area contributed by atoms with E-state index in [-0.39, 0.29) is 11.7 Å². The van der Waals surface area contributed by atoms with E-state index in [4.69, 9.17) is 0 Å². The Hall–Kier alpha value is -2.03. The normalized spacial score (nSPS) is 16.0. The van der Waals surface area contributed by atoms with Crippen LogP contribution in [0.2, 0.25) is 0 Å². The lowest BCUT2D eigenvalue weighted by Gasteiger charge is -2.17. The van der Waals surface area contributed by atoms with Crippen LogP contribution in [0.1, 0.15) is 86.1 Å². The maximum Gasteiger partial charge on any atom is 0.188 e. The Kier molecular flexibility index (Phi) is 5.85. The second-order valence-electron chi connectivity index (χ2n) is 7.43. The summed E-state index contributed by atoms with van der Waals surface area (Å²) in [4.78, 5) is 13.6. The number of ketones is 1. The van der Waals surface area contributed by atoms with E-state index in [0.717, 1.165) is 67.7 Å². The number of carbonyl (C=O) groups is 1. The number of nitrogens with zero attached hydrogens (tertiary/aromatic N) is 1. The topological polar surface area (TPSA) is 34.0 Å². The highest BCUT2D eigenvalue weighted by Gasteiger charge is 2.33. The number of anilines is 2. The number of benzene rings is 1. The molecule has 1 aromatic carbocycles. The van der Waals surface area contributed by atoms with Crippen molar-refractivity contribution in [2.75, 3.05) is 5.32 Å². The number of carbonyl (C=O) groups excluding carboxylic acids is 1. The first-order valence-corrected chi connectivity index (χ1v) is 10.3. The molecule has 0 radical (unpaired) electrons. The van der Waals surface area contributed by atoms with Gasteiger partial charge in [0.15, 0.2) is 5.78 Å². The summed E-state index contributed by atoms with van der Waals surface area (Å²) in [6, 6.07) is 8.32. The van der Waals surface area contributed by atoms with Crippen molar-refractivity contribution in [3.05, 3.63) is 46.8 Å². The van der Waals surface area contributed by atoms with E-state index in [9.17, 15) is 4.79 Å². The van der Waals surface area contributed by atoms with Gasteiger partial charge >= 0.3 is 0 Å². The number of unbranched alkanes of at least 4 members (excludes halogenated alkanes) is 2. The molecule has 3 nitrogen and oxygen atoms in total. The van der Waals surface area contributed by atoms with Crippen LogP contribution in [0.5, 0.6) is 0 Å². The fourth-order valence-corrected chi connectivity index (χ4v) is 4.20. The van der Waals surface area contributed by atoms with Gasteiger partial charge in [0.05, 0.1) is 11.6 Å². The summed E-state index contributed by atoms with van der Waals surface area (Å²) in [5, 5.41) is 3.67. The molecular formula is C23H32N2O. The fraction of sp³-hybridized carbons (Fsp3) is 0.522. The minimum Gasteiger partial charge on any atom is -0.353 e. The third kappa shape index (κ3) is 3.20. The van der Waals surface area contributed by atoms with E-state index in [0.29, 0.717) is 0 Å². The number of Topliss-reactive ketones (excluding diaryl/α,β-unsaturated/α-hetero) is 1. The number of para-hydroxylation sites is 1. The molecule has 3 heteroatoms. The Morgan fingerprint density at radius 2 is 1.81 bits per heavy atom. The summed E-state index contributed by atoms with van der Waals surface area (Å²) in [7, 11) is 0. The Morgan fingerprint density at radius 1 is 1.08 bits per heavy atom. The molecule has 1 aliphatic rings. The van der Waals surface area contributed by atoms with Gasteiger partial charge in [-0.05, 0) is 49.8 Å². The number of nitrogens with one attached hydrogen (secondary N) is 1. The molecule has 0 saturated carbocycles. The SMILES string of the molecule is CCCCc1c2c(n(CCCC)c1C)C(=O)C(CC)c1ccccc1N2. The van der Waals surface area contributed by atoms with Gasteiger partial charge in [0.2, 0.25) is 0 Å². The molecule has 1 atom stereocenters. The first kappa shape index (κ1) is 18.8. The van der Waals surface area contributed by atoms with Crippen LogP contribution in [0.3, 0.4) is 0 Å². The molecule has 1 aliphatic heterocycles. The zero-order chi connectivity index (χ0) is 18.7. The van der Waals surface area contributed by atoms with Crippen molar-refractivity contribution in [1.29, 1.82) is 0 Å². The van der Waals surface area contributed by atoms with E-state index in [1.165, 1.54) is 11.3 Å². The van der Waals surface area contributed by atoms with Crippen LogP contribution in [0, 0.1) is 6.92 Å². The van der Waals surface area contributed by atoms with Gasteiger partial charge in [0.1, 0.15) is 5.69 Å². The lowest BCUT2D eigenvalue weighted by atomic mass is 9.90. The van der Waals surface area contributed by atoms with Crippen molar-refractivity contribution in [3.63, 3.8) is 0 Å². The van der Waals surface area contributed by atoms with Crippen LogP contribution in [-0.4, -0.2) is 10.4 Å². The molecule has 26 heavy (non-hydrogen) atoms. The van der Waals surface area contributed by atoms with Crippen molar-refractivity contribution >= 4 is 17.2 Å². The minimum absolute atomic E-state index is 0.0614. The van der Waals surface area contributed by atoms with Gasteiger partial charge < -0.3 is 9.88 Å². The first-order valence-electron chi connectivity index (χ1n) is 10.3. The van der Waals surface area contributed by atoms with E-state index < -0.39 is 0 Å². The number of fused-ring (bicyclic) bond motifs is 2. The molecular weight excluding hydrogens is 320 g/mol. The van der Waals surface area contributed by atoms with Gasteiger partial charge in [0.25, 0.3) is 0 Å². The third-order valence-corrected chi connectivity index (χ3v) is 5.72. The summed E-state index contributed by atoms with van der Waals surface area (Å²) < 4.78 is 2.30. The maximum atomic E-state index is 13.6. The molecule has 0 saturated heterocycles. The van der Waals surface area contributed by atoms with E-state index in [1.54, 1.807) is 0 Å². The Balaban J connectivity index is 2.19. The lowest BCUT2D eigenvalue weighted by molar-refractivity contribution is 0.0949. The van der Waals surface area contributed by atoms with E-state index in [2.05, 4.69) is 55.8 Å². The second-order valence-corrected chi connectivity index (χ2v) is 7.43. The van der Waals surface area contributed by atoms with Gasteiger partial charge in [-0.25, -0.2) is 0 Å². The Morgan fingerprint density at radius 3 is 2.50 bits per heavy atom. The monoisotopic (exact) mass is 352 g/mol. The summed E-state index contributed by atoms with van der Waals surface area (Å²) in [6.45, 7) is 9.67. The Labute approximate surface area is 157 Å². The van der Waals surface area contributed by atoms with Gasteiger partial charge in [-0.1, -0.05) is 51.8 Å². The zero-order valence-corrected chi connectivity index (χ0v) is 16.7. The average molecular weight is 353 g/mol. The van der Waals surface area contributed by atoms with Crippen molar-refractivity contribution in [2.45, 2.75) is 78.7 Å². The molecule has 140 valence electrons. The van der Waals surface area contributed by atoms with Crippen molar-refractivity contribution in [1.82, 2.24) is 4.57 Å². The maximum absolute atomic E-state index is 13.6. The van der Waals surface area contributed by atoms with Crippen molar-refractivity contribution < 1.29 is 4.79 Å². The highest BCUT2D eigenvalue weighted by Crippen LogP contribution is 2.42. The average Bonchev–Trinajstić information content (AvgIpc) is 2.83. The number of aromatic nitrogens is 1. The predicted molar refractivity (Wildman–Crippen MR) is 110 cm³/mol. The largest absolute Gasteiger partial charge is 0.353 e. The summed E-state index contributed by atoms with van der Waals surface area (Å²) in [5.41, 5.74) is 6.81. The van der Waals surface area contributed by atoms with Crippen LogP contribution in [0.4, 0.5) is 11.4 Å². The molecule has 0 fully saturated rings. The molecule has 2 aromatic rings. The van der Waals surface area contributed by atoms with Gasteiger partial charge in [-0.2, -0.15) is 0 Å². The van der Waals surface area contributed by atoms with Crippen molar-refractivity contribution in [2.24, 2.45) is 0 Å². The fourth-order valence-electron chi connectivity index (χ4n) is 4.20. The molecule has 0 spiro atoms. The first-order chi connectivity index (χ1) is 12.6. The quantitative estimate of drug-likeness (QED) is 0.628. The van der Waals surface area contributed by atoms with Gasteiger partial charge in [-0.15, -0.1) is 0 Å². The molecule has 0 aliphatic carbocycles. The van der Waals surface area contributed by atoms with E-state index >= 15 is 0 Å². The van der Waals surface area contributed by atoms with E-state index in [1.807, 2.05) is 6.07 Å². The predicted octanol–water partition coefficient (Wildman–Crippen LogP) is 6.37. The molecule has 0 bridgehead atoms. The minimum atomic E-state index is -0.0614. The molecule has 2 heterocycles. The summed E-state index contributed by atoms with van der Waals surface area (Å²) >= 11 is 0. The number of hydrogen-bond acceptors (Lipinski definition) is 2. The molecule has 1 N–H and O–H groups in total. The van der Waals surface area contributed by atoms with Crippen LogP contribution >= 0.6 is 0 Å². The standard InChI is InChI=1S/C23H32N2O/c1-5-8-12-18-16(4)25(15-9-6-2)22-21(18)24-20-14-11-10-13-19(20)17(7-3)23(22)26/h10-11,13-14,17,24H,5-9,12,15H2,1-4H3. The van der Waals surface area contributed by atoms with Gasteiger partial charge in [-0.3, -0.25) is 4.79 Å². The smallest absolute Gasteiger partial charge is 0.188 e. The second kappa shape index (κ2) is 8.11. The van der Waals surface area contributed by atoms with Crippen LogP contribution in [0.15, 0.2) is 24.3 Å². The van der Waals surface area contributed by atoms with Crippen LogP contribution in [0.25, 0.3) is 0 Å². The molecule has 3 rings (SSSR count). The molecule has 0 amide bonds. The summed E-state index contributed by atoms with van der Waals surface area (Å²) in [6.07, 6.45) is 6.42. The Bertz CT molecular complexity index is 788. The number of rotatable bonds is 7. The summed E-state index contributed by atoms with van der Waals surface area (Å²) in [5.74, 6) is 0.218. The van der Waals surface area contributed by atoms with Crippen LogP contribution in [-0.2, 0) is 13.0 Å². The van der Waals surface area contributed by atoms with Crippen molar-refractivity contribution in [3.8, 4) is 0 Å². The van der Waals surface area contributed by atoms with Crippen LogP contribution < -0.4 is 5.32 Å². The molecule has 1 unspecified atom stereocenters. The molecule has 1 aromatic heterocycles. The third-order valence-electron chi connectivity index (χ3n) is 5.72. The highest BCUT2D eigenvalue weighted by molar-refractivity contribution is 6.08.